The van der Waals surface area contributed by atoms with E-state index < -0.39 is 0 Å². The first kappa shape index (κ1) is 7.73. The van der Waals surface area contributed by atoms with Gasteiger partial charge in [-0.1, -0.05) is 0 Å². The summed E-state index contributed by atoms with van der Waals surface area (Å²) in [5.74, 6) is 0.319. The molecule has 1 aliphatic rings. The molecule has 0 aromatic rings. The van der Waals surface area contributed by atoms with Crippen LogP contribution in [0.4, 0.5) is 0 Å². The van der Waals surface area contributed by atoms with Crippen molar-refractivity contribution in [2.75, 3.05) is 6.54 Å². The first-order valence-electron chi connectivity index (χ1n) is 3.89. The van der Waals surface area contributed by atoms with Gasteiger partial charge in [0.15, 0.2) is 0 Å². The van der Waals surface area contributed by atoms with E-state index >= 15 is 0 Å². The summed E-state index contributed by atoms with van der Waals surface area (Å²) >= 11 is 0. The molecule has 0 spiro atoms. The quantitative estimate of drug-likeness (QED) is 0.573. The molecule has 0 unspecified atom stereocenters. The van der Waals surface area contributed by atoms with E-state index in [9.17, 15) is 4.79 Å². The van der Waals surface area contributed by atoms with Gasteiger partial charge in [0.05, 0.1) is 6.04 Å². The van der Waals surface area contributed by atoms with Crippen LogP contribution in [0.5, 0.6) is 0 Å². The Morgan fingerprint density at radius 3 is 2.30 bits per heavy atom. The molecule has 0 N–H and O–H groups in total. The average Bonchev–Trinajstić information content (AvgIpc) is 1.56. The van der Waals surface area contributed by atoms with E-state index in [0.29, 0.717) is 11.8 Å². The number of nitrogens with zero attached hydrogens (tertiary/aromatic N) is 1. The SMILES string of the molecule is CC(=O)[C@@H]1CCN1C(C)C. The van der Waals surface area contributed by atoms with Gasteiger partial charge in [-0.15, -0.1) is 0 Å². The third-order valence-electron chi connectivity index (χ3n) is 2.19. The van der Waals surface area contributed by atoms with Crippen molar-refractivity contribution in [2.24, 2.45) is 0 Å². The fourth-order valence-electron chi connectivity index (χ4n) is 1.46. The van der Waals surface area contributed by atoms with Crippen molar-refractivity contribution in [2.45, 2.75) is 39.3 Å². The van der Waals surface area contributed by atoms with E-state index in [0.717, 1.165) is 13.0 Å². The smallest absolute Gasteiger partial charge is 0.146 e. The summed E-state index contributed by atoms with van der Waals surface area (Å²) in [6.07, 6.45) is 1.06. The van der Waals surface area contributed by atoms with Gasteiger partial charge in [-0.2, -0.15) is 0 Å². The largest absolute Gasteiger partial charge is 0.298 e. The van der Waals surface area contributed by atoms with E-state index in [-0.39, 0.29) is 6.04 Å². The lowest BCUT2D eigenvalue weighted by molar-refractivity contribution is -0.127. The minimum atomic E-state index is 0.236. The Morgan fingerprint density at radius 2 is 2.20 bits per heavy atom. The topological polar surface area (TPSA) is 20.3 Å². The fourth-order valence-corrected chi connectivity index (χ4v) is 1.46. The summed E-state index contributed by atoms with van der Waals surface area (Å²) in [7, 11) is 0. The van der Waals surface area contributed by atoms with Crippen LogP contribution in [0.1, 0.15) is 27.2 Å². The lowest BCUT2D eigenvalue weighted by Gasteiger charge is -2.42. The Bertz CT molecular complexity index is 142. The maximum Gasteiger partial charge on any atom is 0.146 e. The minimum Gasteiger partial charge on any atom is -0.298 e. The molecule has 0 aromatic carbocycles. The lowest BCUT2D eigenvalue weighted by Crippen LogP contribution is -2.54. The zero-order valence-corrected chi connectivity index (χ0v) is 6.92. The Labute approximate surface area is 62.2 Å². The first-order valence-corrected chi connectivity index (χ1v) is 3.89. The maximum atomic E-state index is 10.9. The van der Waals surface area contributed by atoms with Gasteiger partial charge in [0.25, 0.3) is 0 Å². The molecular formula is C8H15NO. The highest BCUT2D eigenvalue weighted by atomic mass is 16.1. The van der Waals surface area contributed by atoms with E-state index in [1.165, 1.54) is 0 Å². The third-order valence-corrected chi connectivity index (χ3v) is 2.19. The summed E-state index contributed by atoms with van der Waals surface area (Å²) in [4.78, 5) is 13.1. The van der Waals surface area contributed by atoms with Gasteiger partial charge in [0.1, 0.15) is 5.78 Å². The van der Waals surface area contributed by atoms with Crippen molar-refractivity contribution in [1.82, 2.24) is 4.90 Å². The second kappa shape index (κ2) is 2.70. The van der Waals surface area contributed by atoms with Crippen molar-refractivity contribution in [3.8, 4) is 0 Å². The molecule has 10 heavy (non-hydrogen) atoms. The highest BCUT2D eigenvalue weighted by Crippen LogP contribution is 2.20. The van der Waals surface area contributed by atoms with Crippen LogP contribution in [0.15, 0.2) is 0 Å². The Hall–Kier alpha value is -0.370. The molecule has 0 amide bonds. The van der Waals surface area contributed by atoms with Crippen LogP contribution in [-0.4, -0.2) is 29.3 Å². The van der Waals surface area contributed by atoms with E-state index in [1.807, 2.05) is 0 Å². The molecule has 58 valence electrons. The zero-order chi connectivity index (χ0) is 7.72. The van der Waals surface area contributed by atoms with Gasteiger partial charge >= 0.3 is 0 Å². The van der Waals surface area contributed by atoms with E-state index in [1.54, 1.807) is 6.92 Å². The van der Waals surface area contributed by atoms with Crippen LogP contribution in [0, 0.1) is 0 Å². The number of Topliss-reactive ketones (excluding diaryl/α,β-unsaturated/α-hetero) is 1. The first-order chi connectivity index (χ1) is 4.63. The maximum absolute atomic E-state index is 10.9. The van der Waals surface area contributed by atoms with Crippen LogP contribution in [0.25, 0.3) is 0 Å². The fraction of sp³-hybridized carbons (Fsp3) is 0.875. The second-order valence-electron chi connectivity index (χ2n) is 3.25. The van der Waals surface area contributed by atoms with Gasteiger partial charge in [-0.05, 0) is 27.2 Å². The van der Waals surface area contributed by atoms with Crippen LogP contribution in [0.3, 0.4) is 0 Å². The molecule has 1 saturated heterocycles. The molecule has 1 rings (SSSR count). The Morgan fingerprint density at radius 1 is 1.60 bits per heavy atom. The van der Waals surface area contributed by atoms with Crippen LogP contribution in [0.2, 0.25) is 0 Å². The van der Waals surface area contributed by atoms with Gasteiger partial charge < -0.3 is 0 Å². The molecule has 0 saturated carbocycles. The summed E-state index contributed by atoms with van der Waals surface area (Å²) < 4.78 is 0. The molecule has 0 aromatic heterocycles. The van der Waals surface area contributed by atoms with Crippen LogP contribution >= 0.6 is 0 Å². The highest BCUT2D eigenvalue weighted by Gasteiger charge is 2.32. The predicted molar refractivity (Wildman–Crippen MR) is 40.9 cm³/mol. The van der Waals surface area contributed by atoms with Crippen molar-refractivity contribution in [3.05, 3.63) is 0 Å². The van der Waals surface area contributed by atoms with Gasteiger partial charge in [-0.25, -0.2) is 0 Å². The molecule has 1 heterocycles. The number of likely N-dealkylation sites (tertiary alicyclic amines) is 1. The number of rotatable bonds is 2. The predicted octanol–water partition coefficient (Wildman–Crippen LogP) is 1.06. The lowest BCUT2D eigenvalue weighted by atomic mass is 9.97. The van der Waals surface area contributed by atoms with E-state index in [4.69, 9.17) is 0 Å². The Kier molecular flexibility index (Phi) is 2.09. The zero-order valence-electron chi connectivity index (χ0n) is 6.92. The van der Waals surface area contributed by atoms with Crippen LogP contribution < -0.4 is 0 Å². The molecule has 1 fully saturated rings. The number of carbonyl (C=O) groups excluding carboxylic acids is 1. The van der Waals surface area contributed by atoms with Gasteiger partial charge in [-0.3, -0.25) is 9.69 Å². The minimum absolute atomic E-state index is 0.236. The molecule has 1 atom stereocenters. The van der Waals surface area contributed by atoms with Crippen molar-refractivity contribution in [3.63, 3.8) is 0 Å². The molecule has 2 heteroatoms. The number of hydrogen-bond acceptors (Lipinski definition) is 2. The molecular weight excluding hydrogens is 126 g/mol. The average molecular weight is 141 g/mol. The normalized spacial score (nSPS) is 26.6. The molecule has 0 bridgehead atoms. The van der Waals surface area contributed by atoms with Crippen LogP contribution in [-0.2, 0) is 4.79 Å². The number of hydrogen-bond donors (Lipinski definition) is 0. The van der Waals surface area contributed by atoms with E-state index in [2.05, 4.69) is 18.7 Å². The third kappa shape index (κ3) is 1.21. The van der Waals surface area contributed by atoms with Crippen molar-refractivity contribution >= 4 is 5.78 Å². The number of carbonyl (C=O) groups is 1. The molecule has 0 aliphatic carbocycles. The van der Waals surface area contributed by atoms with Gasteiger partial charge in [0.2, 0.25) is 0 Å². The summed E-state index contributed by atoms with van der Waals surface area (Å²) in [5, 5.41) is 0. The van der Waals surface area contributed by atoms with Gasteiger partial charge in [0, 0.05) is 12.6 Å². The molecule has 2 nitrogen and oxygen atoms in total. The standard InChI is InChI=1S/C8H15NO/c1-6(2)9-5-4-8(9)7(3)10/h6,8H,4-5H2,1-3H3/t8-/m0/s1. The summed E-state index contributed by atoms with van der Waals surface area (Å²) in [6.45, 7) is 7.05. The number of ketones is 1. The second-order valence-corrected chi connectivity index (χ2v) is 3.25. The monoisotopic (exact) mass is 141 g/mol. The van der Waals surface area contributed by atoms with Crippen molar-refractivity contribution in [1.29, 1.82) is 0 Å². The summed E-state index contributed by atoms with van der Waals surface area (Å²) in [6, 6.07) is 0.766. The molecule has 1 aliphatic heterocycles. The summed E-state index contributed by atoms with van der Waals surface area (Å²) in [5.41, 5.74) is 0. The highest BCUT2D eigenvalue weighted by molar-refractivity contribution is 5.82. The molecule has 0 radical (unpaired) electrons. The Balaban J connectivity index is 2.43. The van der Waals surface area contributed by atoms with Crippen molar-refractivity contribution < 1.29 is 4.79 Å².